The molecule has 0 aliphatic rings. The van der Waals surface area contributed by atoms with Crippen molar-refractivity contribution in [2.24, 2.45) is 0 Å². The lowest BCUT2D eigenvalue weighted by Crippen LogP contribution is -2.32. The van der Waals surface area contributed by atoms with E-state index in [1.165, 1.54) is 18.0 Å². The van der Waals surface area contributed by atoms with E-state index in [1.54, 1.807) is 43.5 Å². The highest BCUT2D eigenvalue weighted by Crippen LogP contribution is 2.39. The van der Waals surface area contributed by atoms with Crippen molar-refractivity contribution in [1.29, 1.82) is 0 Å². The lowest BCUT2D eigenvalue weighted by molar-refractivity contribution is -0.139. The average Bonchev–Trinajstić information content (AvgIpc) is 3.44. The molecule has 1 amide bonds. The first-order chi connectivity index (χ1) is 18.6. The molecule has 0 atom stereocenters. The number of ether oxygens (including phenoxy) is 4. The fourth-order valence-corrected chi connectivity index (χ4v) is 3.99. The smallest absolute Gasteiger partial charge is 0.325 e. The van der Waals surface area contributed by atoms with Crippen LogP contribution >= 0.6 is 0 Å². The molecule has 5 aromatic rings. The van der Waals surface area contributed by atoms with Gasteiger partial charge in [-0.15, -0.1) is 0 Å². The number of pyridine rings is 1. The first-order valence-electron chi connectivity index (χ1n) is 11.7. The number of carbonyl (C=O) groups is 2. The Kier molecular flexibility index (Phi) is 7.03. The van der Waals surface area contributed by atoms with E-state index in [0.717, 1.165) is 5.56 Å². The van der Waals surface area contributed by atoms with Crippen LogP contribution in [0.15, 0.2) is 79.1 Å². The van der Waals surface area contributed by atoms with Crippen molar-refractivity contribution in [1.82, 2.24) is 19.9 Å². The minimum absolute atomic E-state index is 0.0893. The van der Waals surface area contributed by atoms with E-state index in [-0.39, 0.29) is 24.6 Å². The van der Waals surface area contributed by atoms with Crippen molar-refractivity contribution in [3.05, 3.63) is 90.4 Å². The molecule has 2 heterocycles. The van der Waals surface area contributed by atoms with Crippen LogP contribution in [0.4, 0.5) is 0 Å². The largest absolute Gasteiger partial charge is 0.497 e. The molecule has 2 aromatic heterocycles. The van der Waals surface area contributed by atoms with Gasteiger partial charge in [0.05, 0.1) is 19.6 Å². The Hall–Kier alpha value is -5.12. The quantitative estimate of drug-likeness (QED) is 0.293. The van der Waals surface area contributed by atoms with E-state index in [9.17, 15) is 9.59 Å². The maximum absolute atomic E-state index is 13.4. The highest BCUT2D eigenvalue weighted by Gasteiger charge is 2.25. The van der Waals surface area contributed by atoms with Crippen LogP contribution in [0.25, 0.3) is 16.4 Å². The molecule has 0 spiro atoms. The molecule has 5 rings (SSSR count). The summed E-state index contributed by atoms with van der Waals surface area (Å²) in [5, 5.41) is 8.07. The Balaban J connectivity index is 1.65. The molecule has 0 aliphatic carbocycles. The summed E-state index contributed by atoms with van der Waals surface area (Å²) >= 11 is 0. The predicted molar refractivity (Wildman–Crippen MR) is 139 cm³/mol. The Morgan fingerprint density at radius 3 is 2.42 bits per heavy atom. The van der Waals surface area contributed by atoms with Gasteiger partial charge in [-0.2, -0.15) is 5.10 Å². The Bertz CT molecular complexity index is 1600. The minimum atomic E-state index is -0.587. The molecule has 10 nitrogen and oxygen atoms in total. The maximum Gasteiger partial charge on any atom is 0.325 e. The number of nitrogens with one attached hydrogen (secondary N) is 1. The number of hydrogen-bond donors (Lipinski definition) is 1. The molecule has 38 heavy (non-hydrogen) atoms. The number of benzene rings is 3. The van der Waals surface area contributed by atoms with Crippen LogP contribution in [0.5, 0.6) is 23.0 Å². The number of rotatable bonds is 9. The second kappa shape index (κ2) is 10.9. The first kappa shape index (κ1) is 24.6. The van der Waals surface area contributed by atoms with E-state index in [4.69, 9.17) is 14.2 Å². The van der Waals surface area contributed by atoms with Crippen LogP contribution in [-0.2, 0) is 16.1 Å². The molecule has 0 saturated carbocycles. The number of fused-ring (bicyclic) bond motifs is 3. The molecule has 192 valence electrons. The molecule has 0 aliphatic heterocycles. The van der Waals surface area contributed by atoms with E-state index in [2.05, 4.69) is 20.1 Å². The molecule has 0 radical (unpaired) electrons. The van der Waals surface area contributed by atoms with Gasteiger partial charge in [0.1, 0.15) is 36.7 Å². The van der Waals surface area contributed by atoms with Gasteiger partial charge >= 0.3 is 5.97 Å². The summed E-state index contributed by atoms with van der Waals surface area (Å²) in [6, 6.07) is 22.2. The topological polar surface area (TPSA) is 113 Å². The van der Waals surface area contributed by atoms with Crippen LogP contribution in [0.3, 0.4) is 0 Å². The second-order valence-electron chi connectivity index (χ2n) is 8.16. The summed E-state index contributed by atoms with van der Waals surface area (Å²) in [5.41, 5.74) is 1.39. The standard InChI is InChI=1S/C28H24N4O6/c1-35-19-11-13-20(14-12-19)38-22-10-6-9-21-24(22)27-30-17-31-32(27)25(28(34)29-15-23(33)36-2)26(21)37-16-18-7-4-3-5-8-18/h3-14,17H,15-16H2,1-2H3,(H,29,34). The summed E-state index contributed by atoms with van der Waals surface area (Å²) < 4.78 is 23.8. The molecule has 0 saturated heterocycles. The fourth-order valence-electron chi connectivity index (χ4n) is 3.99. The van der Waals surface area contributed by atoms with Crippen molar-refractivity contribution in [2.45, 2.75) is 6.61 Å². The first-order valence-corrected chi connectivity index (χ1v) is 11.7. The zero-order valence-electron chi connectivity index (χ0n) is 20.7. The average molecular weight is 513 g/mol. The van der Waals surface area contributed by atoms with Crippen LogP contribution < -0.4 is 19.5 Å². The monoisotopic (exact) mass is 512 g/mol. The van der Waals surface area contributed by atoms with E-state index < -0.39 is 11.9 Å². The van der Waals surface area contributed by atoms with Gasteiger partial charge in [0.15, 0.2) is 17.1 Å². The van der Waals surface area contributed by atoms with E-state index >= 15 is 0 Å². The number of aromatic nitrogens is 3. The van der Waals surface area contributed by atoms with Gasteiger partial charge in [-0.3, -0.25) is 9.59 Å². The molecule has 0 bridgehead atoms. The molecule has 0 fully saturated rings. The Morgan fingerprint density at radius 2 is 1.68 bits per heavy atom. The fraction of sp³-hybridized carbons (Fsp3) is 0.143. The molecular formula is C28H24N4O6. The lowest BCUT2D eigenvalue weighted by Gasteiger charge is -2.18. The highest BCUT2D eigenvalue weighted by atomic mass is 16.5. The maximum atomic E-state index is 13.4. The number of carbonyl (C=O) groups excluding carboxylic acids is 2. The van der Waals surface area contributed by atoms with Crippen molar-refractivity contribution in [2.75, 3.05) is 20.8 Å². The number of esters is 1. The molecule has 0 unspecified atom stereocenters. The SMILES string of the molecule is COC(=O)CNC(=O)c1c(OCc2ccccc2)c2cccc(Oc3ccc(OC)cc3)c2c2ncnn12. The molecular weight excluding hydrogens is 488 g/mol. The molecule has 3 aromatic carbocycles. The minimum Gasteiger partial charge on any atom is -0.497 e. The van der Waals surface area contributed by atoms with Crippen molar-refractivity contribution in [3.8, 4) is 23.0 Å². The van der Waals surface area contributed by atoms with Crippen molar-refractivity contribution < 1.29 is 28.5 Å². The predicted octanol–water partition coefficient (Wildman–Crippen LogP) is 4.17. The summed E-state index contributed by atoms with van der Waals surface area (Å²) in [6.07, 6.45) is 1.34. The van der Waals surface area contributed by atoms with Gasteiger partial charge in [0, 0.05) is 5.39 Å². The van der Waals surface area contributed by atoms with Crippen molar-refractivity contribution >= 4 is 28.3 Å². The third-order valence-corrected chi connectivity index (χ3v) is 5.82. The van der Waals surface area contributed by atoms with Gasteiger partial charge in [0.2, 0.25) is 0 Å². The Morgan fingerprint density at radius 1 is 0.921 bits per heavy atom. The van der Waals surface area contributed by atoms with Gasteiger partial charge in [-0.1, -0.05) is 42.5 Å². The summed E-state index contributed by atoms with van der Waals surface area (Å²) in [7, 11) is 2.84. The van der Waals surface area contributed by atoms with Gasteiger partial charge in [-0.05, 0) is 35.9 Å². The normalized spacial score (nSPS) is 10.8. The third-order valence-electron chi connectivity index (χ3n) is 5.82. The number of nitrogens with zero attached hydrogens (tertiary/aromatic N) is 3. The van der Waals surface area contributed by atoms with Crippen LogP contribution in [0.2, 0.25) is 0 Å². The summed E-state index contributed by atoms with van der Waals surface area (Å²) in [4.78, 5) is 29.5. The van der Waals surface area contributed by atoms with Gasteiger partial charge in [-0.25, -0.2) is 9.50 Å². The van der Waals surface area contributed by atoms with E-state index in [1.807, 2.05) is 36.4 Å². The highest BCUT2D eigenvalue weighted by molar-refractivity contribution is 6.09. The third kappa shape index (κ3) is 4.92. The summed E-state index contributed by atoms with van der Waals surface area (Å²) in [5.74, 6) is 0.895. The van der Waals surface area contributed by atoms with Crippen LogP contribution in [0.1, 0.15) is 16.1 Å². The number of amides is 1. The molecule has 1 N–H and O–H groups in total. The number of methoxy groups -OCH3 is 2. The van der Waals surface area contributed by atoms with Gasteiger partial charge in [0.25, 0.3) is 5.91 Å². The number of hydrogen-bond acceptors (Lipinski definition) is 8. The second-order valence-corrected chi connectivity index (χ2v) is 8.16. The van der Waals surface area contributed by atoms with E-state index in [0.29, 0.717) is 33.7 Å². The van der Waals surface area contributed by atoms with Crippen LogP contribution in [0, 0.1) is 0 Å². The van der Waals surface area contributed by atoms with Gasteiger partial charge < -0.3 is 24.3 Å². The zero-order valence-corrected chi connectivity index (χ0v) is 20.7. The Labute approximate surface area is 217 Å². The molecule has 10 heteroatoms. The van der Waals surface area contributed by atoms with Crippen LogP contribution in [-0.4, -0.2) is 47.2 Å². The van der Waals surface area contributed by atoms with Crippen molar-refractivity contribution in [3.63, 3.8) is 0 Å². The summed E-state index contributed by atoms with van der Waals surface area (Å²) in [6.45, 7) is -0.126. The zero-order chi connectivity index (χ0) is 26.5. The lowest BCUT2D eigenvalue weighted by atomic mass is 10.1.